The highest BCUT2D eigenvalue weighted by Crippen LogP contribution is 2.35. The number of rotatable bonds is 2. The summed E-state index contributed by atoms with van der Waals surface area (Å²) in [7, 11) is 2.21. The van der Waals surface area contributed by atoms with E-state index in [2.05, 4.69) is 47.8 Å². The molecule has 2 nitrogen and oxygen atoms in total. The highest BCUT2D eigenvalue weighted by atomic mass is 79.9. The summed E-state index contributed by atoms with van der Waals surface area (Å²) in [5, 5.41) is 0. The van der Waals surface area contributed by atoms with Gasteiger partial charge in [0.2, 0.25) is 0 Å². The van der Waals surface area contributed by atoms with Gasteiger partial charge in [-0.2, -0.15) is 0 Å². The Hall–Kier alpha value is -0.700. The third-order valence-corrected chi connectivity index (χ3v) is 4.91. The number of nitrogen functional groups attached to an aromatic ring is 1. The molecule has 0 amide bonds. The minimum atomic E-state index is 0.651. The molecule has 2 N–H and O–H groups in total. The van der Waals surface area contributed by atoms with Gasteiger partial charge in [-0.1, -0.05) is 19.8 Å². The number of hydrogen-bond acceptors (Lipinski definition) is 2. The molecule has 1 saturated carbocycles. The SMILES string of the molecule is Cc1cc(N(C)C2CCCCC2C)c(Br)cc1N. The van der Waals surface area contributed by atoms with E-state index in [9.17, 15) is 0 Å². The van der Waals surface area contributed by atoms with Crippen LogP contribution in [-0.4, -0.2) is 13.1 Å². The minimum Gasteiger partial charge on any atom is -0.398 e. The van der Waals surface area contributed by atoms with E-state index < -0.39 is 0 Å². The Kier molecular flexibility index (Phi) is 4.21. The summed E-state index contributed by atoms with van der Waals surface area (Å²) in [6.07, 6.45) is 5.38. The van der Waals surface area contributed by atoms with Gasteiger partial charge in [0.15, 0.2) is 0 Å². The van der Waals surface area contributed by atoms with Crippen LogP contribution >= 0.6 is 15.9 Å². The Morgan fingerprint density at radius 2 is 1.94 bits per heavy atom. The smallest absolute Gasteiger partial charge is 0.0514 e. The maximum absolute atomic E-state index is 5.95. The molecule has 0 spiro atoms. The van der Waals surface area contributed by atoms with Gasteiger partial charge in [0.05, 0.1) is 5.69 Å². The van der Waals surface area contributed by atoms with Crippen LogP contribution in [0.15, 0.2) is 16.6 Å². The number of anilines is 2. The Morgan fingerprint density at radius 1 is 1.28 bits per heavy atom. The summed E-state index contributed by atoms with van der Waals surface area (Å²) >= 11 is 3.65. The third-order valence-electron chi connectivity index (χ3n) is 4.28. The molecule has 0 aromatic heterocycles. The lowest BCUT2D eigenvalue weighted by Gasteiger charge is -2.38. The van der Waals surface area contributed by atoms with Gasteiger partial charge < -0.3 is 10.6 Å². The van der Waals surface area contributed by atoms with Crippen LogP contribution in [0.2, 0.25) is 0 Å². The predicted molar refractivity (Wildman–Crippen MR) is 83.1 cm³/mol. The van der Waals surface area contributed by atoms with Gasteiger partial charge >= 0.3 is 0 Å². The van der Waals surface area contributed by atoms with Gasteiger partial charge in [0, 0.05) is 23.2 Å². The maximum atomic E-state index is 5.95. The van der Waals surface area contributed by atoms with E-state index in [0.717, 1.165) is 21.6 Å². The summed E-state index contributed by atoms with van der Waals surface area (Å²) in [5.41, 5.74) is 9.22. The summed E-state index contributed by atoms with van der Waals surface area (Å²) in [6.45, 7) is 4.45. The Labute approximate surface area is 119 Å². The summed E-state index contributed by atoms with van der Waals surface area (Å²) in [5.74, 6) is 0.772. The van der Waals surface area contributed by atoms with Crippen LogP contribution in [0.4, 0.5) is 11.4 Å². The van der Waals surface area contributed by atoms with Crippen LogP contribution < -0.4 is 10.6 Å². The van der Waals surface area contributed by atoms with E-state index in [0.29, 0.717) is 6.04 Å². The largest absolute Gasteiger partial charge is 0.398 e. The van der Waals surface area contributed by atoms with Crippen LogP contribution in [0.25, 0.3) is 0 Å². The molecule has 2 rings (SSSR count). The summed E-state index contributed by atoms with van der Waals surface area (Å²) in [4.78, 5) is 2.43. The molecule has 1 aliphatic rings. The summed E-state index contributed by atoms with van der Waals surface area (Å²) in [6, 6.07) is 4.87. The molecule has 2 unspecified atom stereocenters. The van der Waals surface area contributed by atoms with Gasteiger partial charge in [-0.05, 0) is 59.3 Å². The molecule has 1 aromatic rings. The first-order valence-corrected chi connectivity index (χ1v) is 7.58. The zero-order valence-electron chi connectivity index (χ0n) is 11.5. The first-order valence-electron chi connectivity index (χ1n) is 6.79. The second-order valence-electron chi connectivity index (χ2n) is 5.60. The zero-order valence-corrected chi connectivity index (χ0v) is 13.1. The molecule has 18 heavy (non-hydrogen) atoms. The first-order chi connectivity index (χ1) is 8.50. The maximum Gasteiger partial charge on any atom is 0.0514 e. The molecule has 100 valence electrons. The molecule has 0 radical (unpaired) electrons. The fraction of sp³-hybridized carbons (Fsp3) is 0.600. The monoisotopic (exact) mass is 310 g/mol. The Balaban J connectivity index is 2.27. The molecule has 0 saturated heterocycles. The van der Waals surface area contributed by atoms with Crippen molar-refractivity contribution < 1.29 is 0 Å². The van der Waals surface area contributed by atoms with Crippen molar-refractivity contribution in [2.24, 2.45) is 5.92 Å². The molecule has 0 aliphatic heterocycles. The van der Waals surface area contributed by atoms with Crippen LogP contribution in [0, 0.1) is 12.8 Å². The van der Waals surface area contributed by atoms with E-state index in [-0.39, 0.29) is 0 Å². The second kappa shape index (κ2) is 5.52. The fourth-order valence-electron chi connectivity index (χ4n) is 3.00. The Bertz CT molecular complexity index is 431. The van der Waals surface area contributed by atoms with Crippen molar-refractivity contribution in [3.63, 3.8) is 0 Å². The number of hydrogen-bond donors (Lipinski definition) is 1. The summed E-state index contributed by atoms with van der Waals surface area (Å²) < 4.78 is 1.10. The minimum absolute atomic E-state index is 0.651. The van der Waals surface area contributed by atoms with Crippen LogP contribution in [0.1, 0.15) is 38.2 Å². The van der Waals surface area contributed by atoms with Crippen LogP contribution in [0.5, 0.6) is 0 Å². The molecule has 1 fully saturated rings. The van der Waals surface area contributed by atoms with E-state index in [1.165, 1.54) is 31.4 Å². The molecular formula is C15H23BrN2. The van der Waals surface area contributed by atoms with Crippen molar-refractivity contribution in [1.29, 1.82) is 0 Å². The fourth-order valence-corrected chi connectivity index (χ4v) is 3.64. The number of halogens is 1. The molecule has 1 aromatic carbocycles. The normalized spacial score (nSPS) is 24.0. The average Bonchev–Trinajstić information content (AvgIpc) is 2.33. The number of nitrogens with two attached hydrogens (primary N) is 1. The van der Waals surface area contributed by atoms with E-state index in [1.54, 1.807) is 0 Å². The van der Waals surface area contributed by atoms with E-state index >= 15 is 0 Å². The number of nitrogens with zero attached hydrogens (tertiary/aromatic N) is 1. The molecule has 0 bridgehead atoms. The van der Waals surface area contributed by atoms with Gasteiger partial charge in [0.1, 0.15) is 0 Å². The molecule has 0 heterocycles. The van der Waals surface area contributed by atoms with Crippen molar-refractivity contribution in [2.45, 2.75) is 45.6 Å². The standard InChI is InChI=1S/C15H23BrN2/c1-10-6-4-5-7-14(10)18(3)15-8-11(2)13(17)9-12(15)16/h8-10,14H,4-7,17H2,1-3H3. The van der Waals surface area contributed by atoms with Crippen molar-refractivity contribution in [2.75, 3.05) is 17.7 Å². The lowest BCUT2D eigenvalue weighted by molar-refractivity contribution is 0.321. The van der Waals surface area contributed by atoms with Gasteiger partial charge in [0.25, 0.3) is 0 Å². The van der Waals surface area contributed by atoms with Crippen molar-refractivity contribution in [1.82, 2.24) is 0 Å². The highest BCUT2D eigenvalue weighted by Gasteiger charge is 2.26. The molecule has 2 atom stereocenters. The van der Waals surface area contributed by atoms with E-state index in [4.69, 9.17) is 5.73 Å². The van der Waals surface area contributed by atoms with Crippen LogP contribution in [0.3, 0.4) is 0 Å². The first kappa shape index (κ1) is 13.7. The molecular weight excluding hydrogens is 288 g/mol. The lowest BCUT2D eigenvalue weighted by atomic mass is 9.85. The number of aryl methyl sites for hydroxylation is 1. The van der Waals surface area contributed by atoms with Gasteiger partial charge in [-0.25, -0.2) is 0 Å². The van der Waals surface area contributed by atoms with Crippen molar-refractivity contribution in [3.05, 3.63) is 22.2 Å². The second-order valence-corrected chi connectivity index (χ2v) is 6.45. The van der Waals surface area contributed by atoms with E-state index in [1.807, 2.05) is 6.07 Å². The van der Waals surface area contributed by atoms with Crippen LogP contribution in [-0.2, 0) is 0 Å². The zero-order chi connectivity index (χ0) is 13.3. The van der Waals surface area contributed by atoms with Crippen molar-refractivity contribution >= 4 is 27.3 Å². The topological polar surface area (TPSA) is 29.3 Å². The van der Waals surface area contributed by atoms with Gasteiger partial charge in [-0.15, -0.1) is 0 Å². The number of benzene rings is 1. The predicted octanol–water partition coefficient (Wildman–Crippen LogP) is 4.35. The third kappa shape index (κ3) is 2.66. The molecule has 3 heteroatoms. The highest BCUT2D eigenvalue weighted by molar-refractivity contribution is 9.10. The van der Waals surface area contributed by atoms with Gasteiger partial charge in [-0.3, -0.25) is 0 Å². The van der Waals surface area contributed by atoms with Crippen molar-refractivity contribution in [3.8, 4) is 0 Å². The lowest BCUT2D eigenvalue weighted by Crippen LogP contribution is -2.39. The molecule has 1 aliphatic carbocycles. The quantitative estimate of drug-likeness (QED) is 0.823. The average molecular weight is 311 g/mol. The Morgan fingerprint density at radius 3 is 2.61 bits per heavy atom.